The number of hydrogen-bond donors (Lipinski definition) is 2. The number of aromatic amines is 2. The van der Waals surface area contributed by atoms with Crippen molar-refractivity contribution in [1.29, 1.82) is 0 Å². The molecule has 0 saturated heterocycles. The molecule has 82 valence electrons. The Hall–Kier alpha value is -1.69. The second-order valence-electron chi connectivity index (χ2n) is 3.88. The minimum atomic E-state index is -0.0113. The average molecular weight is 234 g/mol. The molecule has 0 aliphatic heterocycles. The Morgan fingerprint density at radius 2 is 2.25 bits per heavy atom. The van der Waals surface area contributed by atoms with Gasteiger partial charge < -0.3 is 4.57 Å². The van der Waals surface area contributed by atoms with Crippen molar-refractivity contribution in [1.82, 2.24) is 19.7 Å². The minimum absolute atomic E-state index is 0.0113. The number of aromatic nitrogens is 4. The van der Waals surface area contributed by atoms with Crippen LogP contribution >= 0.6 is 12.2 Å². The Balaban J connectivity index is 2.17. The van der Waals surface area contributed by atoms with E-state index in [1.807, 2.05) is 12.3 Å². The van der Waals surface area contributed by atoms with Gasteiger partial charge in [0, 0.05) is 12.2 Å². The van der Waals surface area contributed by atoms with Crippen LogP contribution in [0.1, 0.15) is 18.9 Å². The van der Waals surface area contributed by atoms with Crippen molar-refractivity contribution < 1.29 is 0 Å². The van der Waals surface area contributed by atoms with E-state index in [2.05, 4.69) is 15.2 Å². The molecule has 0 radical (unpaired) electrons. The maximum Gasteiger partial charge on any atom is 0.261 e. The summed E-state index contributed by atoms with van der Waals surface area (Å²) >= 11 is 4.87. The fraction of sp³-hybridized carbons (Fsp3) is 0.300. The van der Waals surface area contributed by atoms with Crippen LogP contribution in [-0.4, -0.2) is 19.7 Å². The van der Waals surface area contributed by atoms with Crippen LogP contribution in [0.15, 0.2) is 23.1 Å². The van der Waals surface area contributed by atoms with Gasteiger partial charge in [-0.05, 0) is 37.2 Å². The minimum Gasteiger partial charge on any atom is -0.312 e. The Bertz CT molecular complexity index is 635. The van der Waals surface area contributed by atoms with Gasteiger partial charge >= 0.3 is 0 Å². The van der Waals surface area contributed by atoms with Crippen LogP contribution in [0.4, 0.5) is 0 Å². The van der Waals surface area contributed by atoms with Crippen molar-refractivity contribution >= 4 is 12.2 Å². The first-order valence-electron chi connectivity index (χ1n) is 5.12. The average Bonchev–Trinajstić information content (AvgIpc) is 3.02. The lowest BCUT2D eigenvalue weighted by atomic mass is 10.2. The maximum absolute atomic E-state index is 12.1. The molecule has 6 heteroatoms. The van der Waals surface area contributed by atoms with E-state index in [4.69, 9.17) is 12.2 Å². The van der Waals surface area contributed by atoms with Gasteiger partial charge in [0.25, 0.3) is 5.56 Å². The summed E-state index contributed by atoms with van der Waals surface area (Å²) in [5, 5.41) is 5.48. The molecule has 0 spiro atoms. The normalized spacial score (nSPS) is 15.2. The van der Waals surface area contributed by atoms with Gasteiger partial charge in [0.05, 0.1) is 5.56 Å². The molecule has 1 fully saturated rings. The molecule has 2 N–H and O–H groups in total. The Kier molecular flexibility index (Phi) is 2.03. The van der Waals surface area contributed by atoms with Gasteiger partial charge in [-0.2, -0.15) is 4.98 Å². The van der Waals surface area contributed by atoms with Gasteiger partial charge in [-0.15, -0.1) is 0 Å². The predicted molar refractivity (Wildman–Crippen MR) is 61.7 cm³/mol. The third-order valence-electron chi connectivity index (χ3n) is 2.67. The molecule has 16 heavy (non-hydrogen) atoms. The number of pyridine rings is 1. The highest BCUT2D eigenvalue weighted by Crippen LogP contribution is 2.33. The van der Waals surface area contributed by atoms with Gasteiger partial charge in [-0.1, -0.05) is 0 Å². The van der Waals surface area contributed by atoms with Crippen molar-refractivity contribution in [3.63, 3.8) is 0 Å². The number of nitrogens with zero attached hydrogens (tertiary/aromatic N) is 2. The molecule has 5 nitrogen and oxygen atoms in total. The van der Waals surface area contributed by atoms with Crippen molar-refractivity contribution in [2.45, 2.75) is 18.9 Å². The molecule has 3 rings (SSSR count). The van der Waals surface area contributed by atoms with Crippen molar-refractivity contribution in [2.75, 3.05) is 0 Å². The highest BCUT2D eigenvalue weighted by molar-refractivity contribution is 7.71. The van der Waals surface area contributed by atoms with E-state index in [1.165, 1.54) is 0 Å². The summed E-state index contributed by atoms with van der Waals surface area (Å²) in [5.41, 5.74) is 0.546. The summed E-state index contributed by atoms with van der Waals surface area (Å²) in [7, 11) is 0. The quantitative estimate of drug-likeness (QED) is 0.776. The largest absolute Gasteiger partial charge is 0.312 e. The number of rotatable bonds is 2. The monoisotopic (exact) mass is 234 g/mol. The zero-order valence-corrected chi connectivity index (χ0v) is 9.25. The van der Waals surface area contributed by atoms with E-state index >= 15 is 0 Å². The lowest BCUT2D eigenvalue weighted by Crippen LogP contribution is -2.20. The first-order valence-corrected chi connectivity index (χ1v) is 5.53. The zero-order valence-electron chi connectivity index (χ0n) is 8.43. The van der Waals surface area contributed by atoms with E-state index in [0.29, 0.717) is 22.2 Å². The zero-order chi connectivity index (χ0) is 11.1. The lowest BCUT2D eigenvalue weighted by molar-refractivity contribution is 0.708. The standard InChI is InChI=1S/C10H10N4OS/c15-9-7(8-11-10(16)13-12-8)2-1-5-14(9)6-3-4-6/h1-2,5-6H,3-4H2,(H2,11,12,13,16). The molecule has 1 saturated carbocycles. The van der Waals surface area contributed by atoms with Crippen molar-refractivity contribution in [3.8, 4) is 11.4 Å². The molecule has 0 amide bonds. The van der Waals surface area contributed by atoms with Crippen LogP contribution in [0.3, 0.4) is 0 Å². The molecular formula is C10H10N4OS. The van der Waals surface area contributed by atoms with Crippen LogP contribution in [0.25, 0.3) is 11.4 Å². The molecule has 1 aliphatic rings. The molecule has 0 bridgehead atoms. The summed E-state index contributed by atoms with van der Waals surface area (Å²) < 4.78 is 2.12. The van der Waals surface area contributed by atoms with Gasteiger partial charge in [0.1, 0.15) is 0 Å². The van der Waals surface area contributed by atoms with E-state index in [-0.39, 0.29) is 5.56 Å². The van der Waals surface area contributed by atoms with Crippen LogP contribution in [-0.2, 0) is 0 Å². The molecule has 2 aromatic rings. The van der Waals surface area contributed by atoms with Gasteiger partial charge in [-0.3, -0.25) is 15.0 Å². The SMILES string of the molecule is O=c1c(-c2nc(=S)[nH][nH]2)cccn1C1CC1. The fourth-order valence-corrected chi connectivity index (χ4v) is 1.87. The molecular weight excluding hydrogens is 224 g/mol. The highest BCUT2D eigenvalue weighted by Gasteiger charge is 2.25. The molecule has 2 heterocycles. The Morgan fingerprint density at radius 1 is 1.44 bits per heavy atom. The summed E-state index contributed by atoms with van der Waals surface area (Å²) in [5.74, 6) is 0.505. The summed E-state index contributed by atoms with van der Waals surface area (Å²) in [6.07, 6.45) is 3.99. The molecule has 1 aliphatic carbocycles. The third kappa shape index (κ3) is 1.51. The van der Waals surface area contributed by atoms with Gasteiger partial charge in [0.15, 0.2) is 5.82 Å². The lowest BCUT2D eigenvalue weighted by Gasteiger charge is -2.03. The smallest absolute Gasteiger partial charge is 0.261 e. The summed E-state index contributed by atoms with van der Waals surface area (Å²) in [4.78, 5) is 16.2. The van der Waals surface area contributed by atoms with Crippen molar-refractivity contribution in [3.05, 3.63) is 33.5 Å². The maximum atomic E-state index is 12.1. The number of hydrogen-bond acceptors (Lipinski definition) is 3. The Labute approximate surface area is 96.1 Å². The molecule has 0 aromatic carbocycles. The molecule has 0 unspecified atom stereocenters. The van der Waals surface area contributed by atoms with Crippen LogP contribution < -0.4 is 5.56 Å². The van der Waals surface area contributed by atoms with E-state index in [0.717, 1.165) is 12.8 Å². The molecule has 2 aromatic heterocycles. The van der Waals surface area contributed by atoms with Gasteiger partial charge in [-0.25, -0.2) is 0 Å². The summed E-state index contributed by atoms with van der Waals surface area (Å²) in [6, 6.07) is 3.98. The number of H-pyrrole nitrogens is 2. The van der Waals surface area contributed by atoms with Crippen LogP contribution in [0.5, 0.6) is 0 Å². The fourth-order valence-electron chi connectivity index (χ4n) is 1.73. The summed E-state index contributed by atoms with van der Waals surface area (Å²) in [6.45, 7) is 0. The topological polar surface area (TPSA) is 66.5 Å². The van der Waals surface area contributed by atoms with E-state index in [9.17, 15) is 4.79 Å². The number of nitrogens with one attached hydrogen (secondary N) is 2. The first-order chi connectivity index (χ1) is 7.75. The van der Waals surface area contributed by atoms with Crippen LogP contribution in [0.2, 0.25) is 0 Å². The van der Waals surface area contributed by atoms with E-state index < -0.39 is 0 Å². The third-order valence-corrected chi connectivity index (χ3v) is 2.86. The molecule has 0 atom stereocenters. The highest BCUT2D eigenvalue weighted by atomic mass is 32.1. The van der Waals surface area contributed by atoms with E-state index in [1.54, 1.807) is 10.6 Å². The van der Waals surface area contributed by atoms with Crippen molar-refractivity contribution in [2.24, 2.45) is 0 Å². The first kappa shape index (κ1) is 9.53. The predicted octanol–water partition coefficient (Wildman–Crippen LogP) is 1.63. The second kappa shape index (κ2) is 3.41. The Morgan fingerprint density at radius 3 is 2.88 bits per heavy atom. The van der Waals surface area contributed by atoms with Gasteiger partial charge in [0.2, 0.25) is 4.77 Å². The van der Waals surface area contributed by atoms with Crippen LogP contribution in [0, 0.1) is 4.77 Å². The second-order valence-corrected chi connectivity index (χ2v) is 4.27.